The van der Waals surface area contributed by atoms with Gasteiger partial charge in [0.05, 0.1) is 20.6 Å². The van der Waals surface area contributed by atoms with Crippen LogP contribution in [0.4, 0.5) is 0 Å². The quantitative estimate of drug-likeness (QED) is 0.0295. The number of hydrogen-bond donors (Lipinski definition) is 1. The third kappa shape index (κ3) is 32.3. The lowest BCUT2D eigenvalue weighted by atomic mass is 10.0. The average molecular weight is 758 g/mol. The van der Waals surface area contributed by atoms with Crippen LogP contribution in [0.2, 0.25) is 0 Å². The van der Waals surface area contributed by atoms with Gasteiger partial charge in [-0.2, -0.15) is 10.4 Å². The van der Waals surface area contributed by atoms with Crippen molar-refractivity contribution in [2.24, 2.45) is 0 Å². The minimum Gasteiger partial charge on any atom is -0.726 e. The number of nitrogens with one attached hydrogen (secondary N) is 1. The molecule has 1 aliphatic heterocycles. The maximum Gasteiger partial charge on any atom is 0.270 e. The zero-order chi connectivity index (χ0) is 38.5. The van der Waals surface area contributed by atoms with Gasteiger partial charge in [-0.1, -0.05) is 207 Å². The van der Waals surface area contributed by atoms with Crippen molar-refractivity contribution in [2.45, 2.75) is 245 Å². The summed E-state index contributed by atoms with van der Waals surface area (Å²) in [5.74, 6) is 1.55. The van der Waals surface area contributed by atoms with Crippen LogP contribution in [0.5, 0.6) is 0 Å². The average Bonchev–Trinajstić information content (AvgIpc) is 3.42. The number of hydrazine groups is 1. The summed E-state index contributed by atoms with van der Waals surface area (Å²) in [6.45, 7) is 7.88. The summed E-state index contributed by atoms with van der Waals surface area (Å²) in [7, 11) is -1.39. The highest BCUT2D eigenvalue weighted by Gasteiger charge is 2.38. The molecule has 0 saturated heterocycles. The van der Waals surface area contributed by atoms with Gasteiger partial charge in [0, 0.05) is 6.42 Å². The smallest absolute Gasteiger partial charge is 0.270 e. The molecule has 9 heteroatoms. The van der Waals surface area contributed by atoms with E-state index in [1.807, 2.05) is 0 Å². The molecule has 310 valence electrons. The minimum absolute atomic E-state index is 0.216. The first-order valence-electron chi connectivity index (χ1n) is 22.4. The number of amidine groups is 1. The van der Waals surface area contributed by atoms with Gasteiger partial charge in [0.15, 0.2) is 6.04 Å². The van der Waals surface area contributed by atoms with Crippen LogP contribution in [0.15, 0.2) is 0 Å². The summed E-state index contributed by atoms with van der Waals surface area (Å²) < 4.78 is 33.4. The first-order chi connectivity index (χ1) is 25.2. The third-order valence-electron chi connectivity index (χ3n) is 10.8. The maximum absolute atomic E-state index is 12.9. The number of carbonyl (C=O) groups is 1. The second-order valence-corrected chi connectivity index (χ2v) is 16.7. The number of likely N-dealkylation sites (N-methyl/N-ethyl adjacent to an activating group) is 1. The summed E-state index contributed by atoms with van der Waals surface area (Å²) in [6, 6.07) is 0.408. The molecule has 8 nitrogen and oxygen atoms in total. The zero-order valence-corrected chi connectivity index (χ0v) is 36.0. The Morgan fingerprint density at radius 2 is 0.942 bits per heavy atom. The van der Waals surface area contributed by atoms with E-state index in [0.29, 0.717) is 12.5 Å². The second-order valence-electron chi connectivity index (χ2n) is 15.6. The van der Waals surface area contributed by atoms with Crippen molar-refractivity contribution in [3.8, 4) is 0 Å². The van der Waals surface area contributed by atoms with Crippen LogP contribution in [0.25, 0.3) is 0 Å². The van der Waals surface area contributed by atoms with Gasteiger partial charge in [0.2, 0.25) is 10.4 Å². The van der Waals surface area contributed by atoms with E-state index in [4.69, 9.17) is 0 Å². The fraction of sp³-hybridized carbons (Fsp3) is 0.953. The Hall–Kier alpha value is -1.19. The molecule has 0 aliphatic carbocycles. The third-order valence-corrected chi connectivity index (χ3v) is 11.2. The maximum atomic E-state index is 12.9. The Morgan fingerprint density at radius 1 is 0.635 bits per heavy atom. The van der Waals surface area contributed by atoms with Gasteiger partial charge in [0.1, 0.15) is 6.54 Å². The second kappa shape index (κ2) is 36.8. The first kappa shape index (κ1) is 50.8. The summed E-state index contributed by atoms with van der Waals surface area (Å²) in [5.41, 5.74) is 3.33. The van der Waals surface area contributed by atoms with Crippen molar-refractivity contribution in [1.29, 1.82) is 0 Å². The topological polar surface area (TPSA) is 102 Å². The van der Waals surface area contributed by atoms with Gasteiger partial charge in [-0.25, -0.2) is 8.42 Å². The summed E-state index contributed by atoms with van der Waals surface area (Å²) in [5, 5.41) is 2.25. The molecule has 0 saturated carbocycles. The van der Waals surface area contributed by atoms with Crippen molar-refractivity contribution >= 4 is 22.1 Å². The molecule has 0 fully saturated rings. The summed E-state index contributed by atoms with van der Waals surface area (Å²) in [6.07, 6.45) is 45.8. The van der Waals surface area contributed by atoms with Gasteiger partial charge >= 0.3 is 0 Å². The van der Waals surface area contributed by atoms with Crippen molar-refractivity contribution in [3.63, 3.8) is 0 Å². The highest BCUT2D eigenvalue weighted by Crippen LogP contribution is 2.18. The lowest BCUT2D eigenvalue weighted by molar-refractivity contribution is -0.491. The fourth-order valence-corrected chi connectivity index (χ4v) is 7.35. The number of amides is 1. The lowest BCUT2D eigenvalue weighted by Gasteiger charge is -2.19. The van der Waals surface area contributed by atoms with Gasteiger partial charge < -0.3 is 4.55 Å². The SMILES string of the molecule is CCCCCCCCCCCCCCCCCCC1=[N+](C)CC(CC)N1NC(=O)CCCCCCCCCCCCCCCCC.COS(=O)(=O)[O-]. The summed E-state index contributed by atoms with van der Waals surface area (Å²) >= 11 is 0. The Balaban J connectivity index is 0.00000397. The summed E-state index contributed by atoms with van der Waals surface area (Å²) in [4.78, 5) is 12.9. The molecule has 1 N–H and O–H groups in total. The van der Waals surface area contributed by atoms with E-state index in [1.54, 1.807) is 0 Å². The van der Waals surface area contributed by atoms with E-state index >= 15 is 0 Å². The molecule has 1 atom stereocenters. The van der Waals surface area contributed by atoms with Crippen LogP contribution >= 0.6 is 0 Å². The van der Waals surface area contributed by atoms with Crippen molar-refractivity contribution < 1.29 is 26.5 Å². The molecular weight excluding hydrogens is 671 g/mol. The number of carbonyl (C=O) groups excluding carboxylic acids is 1. The molecule has 1 rings (SSSR count). The van der Waals surface area contributed by atoms with Gasteiger partial charge in [0.25, 0.3) is 11.7 Å². The van der Waals surface area contributed by atoms with Crippen LogP contribution in [-0.2, 0) is 19.4 Å². The van der Waals surface area contributed by atoms with E-state index < -0.39 is 10.4 Å². The highest BCUT2D eigenvalue weighted by atomic mass is 32.3. The minimum atomic E-state index is -4.41. The van der Waals surface area contributed by atoms with Crippen molar-refractivity contribution in [1.82, 2.24) is 10.4 Å². The standard InChI is InChI=1S/C42H83N3O.CH4O4S/c1-5-8-10-12-14-16-18-20-22-24-26-28-30-32-34-36-38-42-44(4)39-40(7-3)45(42)43-41(46)37-35-33-31-29-27-25-23-21-19-17-15-13-11-9-6-2;1-5-6(2,3)4/h40H,5-39H2,1-4H3;1H3,(H,2,3,4). The molecule has 0 radical (unpaired) electrons. The Kier molecular flexibility index (Phi) is 35.9. The van der Waals surface area contributed by atoms with Crippen LogP contribution in [-0.4, -0.2) is 61.0 Å². The van der Waals surface area contributed by atoms with Crippen LogP contribution in [0.1, 0.15) is 239 Å². The Morgan fingerprint density at radius 3 is 1.25 bits per heavy atom. The van der Waals surface area contributed by atoms with E-state index in [2.05, 4.69) is 47.0 Å². The van der Waals surface area contributed by atoms with Crippen molar-refractivity contribution in [3.05, 3.63) is 0 Å². The van der Waals surface area contributed by atoms with Gasteiger partial charge in [-0.15, -0.1) is 0 Å². The number of unbranched alkanes of at least 4 members (excludes halogenated alkanes) is 29. The molecule has 1 heterocycles. The monoisotopic (exact) mass is 758 g/mol. The van der Waals surface area contributed by atoms with Gasteiger partial charge in [-0.3, -0.25) is 13.6 Å². The Labute approximate surface area is 324 Å². The number of nitrogens with zero attached hydrogens (tertiary/aromatic N) is 2. The lowest BCUT2D eigenvalue weighted by Crippen LogP contribution is -2.49. The molecule has 0 bridgehead atoms. The van der Waals surface area contributed by atoms with E-state index in [0.717, 1.165) is 32.9 Å². The molecule has 1 aliphatic rings. The van der Waals surface area contributed by atoms with E-state index in [1.165, 1.54) is 198 Å². The molecule has 0 aromatic rings. The number of rotatable bonds is 36. The molecule has 0 aromatic carbocycles. The number of hydrogen-bond acceptors (Lipinski definition) is 6. The van der Waals surface area contributed by atoms with E-state index in [-0.39, 0.29) is 5.91 Å². The fourth-order valence-electron chi connectivity index (χ4n) is 7.35. The predicted molar refractivity (Wildman–Crippen MR) is 221 cm³/mol. The van der Waals surface area contributed by atoms with Crippen molar-refractivity contribution in [2.75, 3.05) is 20.7 Å². The van der Waals surface area contributed by atoms with Crippen LogP contribution < -0.4 is 5.43 Å². The predicted octanol–water partition coefficient (Wildman–Crippen LogP) is 12.2. The highest BCUT2D eigenvalue weighted by molar-refractivity contribution is 7.80. The molecule has 1 amide bonds. The first-order valence-corrected chi connectivity index (χ1v) is 23.7. The molecule has 1 unspecified atom stereocenters. The molecule has 52 heavy (non-hydrogen) atoms. The van der Waals surface area contributed by atoms with E-state index in [9.17, 15) is 17.8 Å². The Bertz CT molecular complexity index is 943. The van der Waals surface area contributed by atoms with Crippen LogP contribution in [0.3, 0.4) is 0 Å². The zero-order valence-electron chi connectivity index (χ0n) is 35.2. The molecule has 0 aromatic heterocycles. The normalized spacial score (nSPS) is 14.6. The van der Waals surface area contributed by atoms with Gasteiger partial charge in [-0.05, 0) is 19.3 Å². The molecule has 0 spiro atoms. The largest absolute Gasteiger partial charge is 0.726 e. The molecular formula is C43H87N3O5S. The van der Waals surface area contributed by atoms with Crippen LogP contribution in [0, 0.1) is 0 Å².